The molecule has 1 heterocycles. The highest BCUT2D eigenvalue weighted by Crippen LogP contribution is 2.33. The summed E-state index contributed by atoms with van der Waals surface area (Å²) in [6.45, 7) is 0.867. The van der Waals surface area contributed by atoms with Crippen LogP contribution in [0.15, 0.2) is 30.4 Å². The van der Waals surface area contributed by atoms with Crippen LogP contribution in [0.5, 0.6) is 11.5 Å². The third kappa shape index (κ3) is 2.69. The van der Waals surface area contributed by atoms with Gasteiger partial charge in [-0.15, -0.1) is 0 Å². The van der Waals surface area contributed by atoms with E-state index in [0.717, 1.165) is 0 Å². The molecule has 2 unspecified atom stereocenters. The van der Waals surface area contributed by atoms with E-state index in [1.165, 1.54) is 0 Å². The van der Waals surface area contributed by atoms with Crippen molar-refractivity contribution in [3.63, 3.8) is 0 Å². The van der Waals surface area contributed by atoms with Gasteiger partial charge in [-0.25, -0.2) is 0 Å². The molecule has 1 aromatic carbocycles. The van der Waals surface area contributed by atoms with Gasteiger partial charge in [-0.1, -0.05) is 18.2 Å². The van der Waals surface area contributed by atoms with Crippen LogP contribution in [0, 0.1) is 5.92 Å². The zero-order chi connectivity index (χ0) is 14.8. The number of para-hydroxylation sites is 1. The SMILES string of the molecule is O=C(NC1C=CC(C(=O)O)C1)c1cccc2c1OCCO2. The molecule has 0 radical (unpaired) electrons. The predicted molar refractivity (Wildman–Crippen MR) is 73.6 cm³/mol. The molecule has 21 heavy (non-hydrogen) atoms. The average Bonchev–Trinajstić information content (AvgIpc) is 2.95. The van der Waals surface area contributed by atoms with Crippen LogP contribution in [-0.4, -0.2) is 36.2 Å². The van der Waals surface area contributed by atoms with E-state index in [9.17, 15) is 9.59 Å². The number of ether oxygens (including phenoxy) is 2. The van der Waals surface area contributed by atoms with E-state index in [-0.39, 0.29) is 11.9 Å². The Labute approximate surface area is 121 Å². The van der Waals surface area contributed by atoms with Gasteiger partial charge >= 0.3 is 5.97 Å². The fraction of sp³-hybridized carbons (Fsp3) is 0.333. The van der Waals surface area contributed by atoms with Gasteiger partial charge in [0.15, 0.2) is 11.5 Å². The number of amides is 1. The van der Waals surface area contributed by atoms with Crippen LogP contribution in [0.2, 0.25) is 0 Å². The summed E-state index contributed by atoms with van der Waals surface area (Å²) in [4.78, 5) is 23.2. The number of hydrogen-bond donors (Lipinski definition) is 2. The second-order valence-electron chi connectivity index (χ2n) is 4.98. The molecular weight excluding hydrogens is 274 g/mol. The van der Waals surface area contributed by atoms with Crippen LogP contribution in [0.1, 0.15) is 16.8 Å². The molecule has 1 aliphatic heterocycles. The van der Waals surface area contributed by atoms with Crippen molar-refractivity contribution in [2.45, 2.75) is 12.5 Å². The van der Waals surface area contributed by atoms with Gasteiger partial charge in [-0.3, -0.25) is 9.59 Å². The van der Waals surface area contributed by atoms with E-state index in [4.69, 9.17) is 14.6 Å². The molecule has 6 heteroatoms. The van der Waals surface area contributed by atoms with E-state index in [1.54, 1.807) is 30.4 Å². The van der Waals surface area contributed by atoms with E-state index in [1.807, 2.05) is 0 Å². The van der Waals surface area contributed by atoms with Crippen molar-refractivity contribution in [1.29, 1.82) is 0 Å². The molecule has 1 aliphatic carbocycles. The number of nitrogens with one attached hydrogen (secondary N) is 1. The highest BCUT2D eigenvalue weighted by Gasteiger charge is 2.27. The summed E-state index contributed by atoms with van der Waals surface area (Å²) in [5.41, 5.74) is 0.402. The number of aliphatic carboxylic acids is 1. The molecule has 1 aromatic rings. The monoisotopic (exact) mass is 289 g/mol. The highest BCUT2D eigenvalue weighted by atomic mass is 16.6. The van der Waals surface area contributed by atoms with Gasteiger partial charge in [0.1, 0.15) is 13.2 Å². The first-order valence-corrected chi connectivity index (χ1v) is 6.76. The number of rotatable bonds is 3. The maximum absolute atomic E-state index is 12.3. The van der Waals surface area contributed by atoms with Gasteiger partial charge in [-0.2, -0.15) is 0 Å². The first kappa shape index (κ1) is 13.5. The number of carboxylic acids is 1. The second-order valence-corrected chi connectivity index (χ2v) is 4.98. The van der Waals surface area contributed by atoms with Crippen molar-refractivity contribution in [3.8, 4) is 11.5 Å². The molecule has 2 N–H and O–H groups in total. The van der Waals surface area contributed by atoms with E-state index in [2.05, 4.69) is 5.32 Å². The molecule has 6 nitrogen and oxygen atoms in total. The summed E-state index contributed by atoms with van der Waals surface area (Å²) >= 11 is 0. The largest absolute Gasteiger partial charge is 0.486 e. The Bertz CT molecular complexity index is 610. The Morgan fingerprint density at radius 3 is 2.76 bits per heavy atom. The minimum absolute atomic E-state index is 0.279. The lowest BCUT2D eigenvalue weighted by Crippen LogP contribution is -2.34. The first-order valence-electron chi connectivity index (χ1n) is 6.76. The van der Waals surface area contributed by atoms with Crippen molar-refractivity contribution in [2.24, 2.45) is 5.92 Å². The minimum atomic E-state index is -0.878. The van der Waals surface area contributed by atoms with Crippen molar-refractivity contribution in [1.82, 2.24) is 5.32 Å². The average molecular weight is 289 g/mol. The van der Waals surface area contributed by atoms with Gasteiger partial charge in [0.25, 0.3) is 5.91 Å². The van der Waals surface area contributed by atoms with Gasteiger partial charge in [0.05, 0.1) is 11.5 Å². The summed E-state index contributed by atoms with van der Waals surface area (Å²) in [7, 11) is 0. The van der Waals surface area contributed by atoms with E-state index in [0.29, 0.717) is 36.7 Å². The predicted octanol–water partition coefficient (Wildman–Crippen LogP) is 1.22. The Balaban J connectivity index is 1.72. The fourth-order valence-electron chi connectivity index (χ4n) is 2.49. The molecule has 1 amide bonds. The summed E-state index contributed by atoms with van der Waals surface area (Å²) < 4.78 is 10.9. The Kier molecular flexibility index (Phi) is 3.51. The first-order chi connectivity index (χ1) is 10.1. The normalized spacial score (nSPS) is 22.9. The second kappa shape index (κ2) is 5.47. The molecule has 3 rings (SSSR count). The molecule has 2 atom stereocenters. The van der Waals surface area contributed by atoms with Gasteiger partial charge < -0.3 is 19.9 Å². The number of hydrogen-bond acceptors (Lipinski definition) is 4. The summed E-state index contributed by atoms with van der Waals surface area (Å²) in [5, 5.41) is 11.7. The van der Waals surface area contributed by atoms with Crippen molar-refractivity contribution in [3.05, 3.63) is 35.9 Å². The number of carboxylic acid groups (broad SMARTS) is 1. The molecule has 0 saturated carbocycles. The smallest absolute Gasteiger partial charge is 0.310 e. The molecule has 0 saturated heterocycles. The number of carbonyl (C=O) groups is 2. The van der Waals surface area contributed by atoms with E-state index >= 15 is 0 Å². The van der Waals surface area contributed by atoms with Crippen LogP contribution >= 0.6 is 0 Å². The van der Waals surface area contributed by atoms with Crippen LogP contribution in [0.25, 0.3) is 0 Å². The number of carbonyl (C=O) groups excluding carboxylic acids is 1. The van der Waals surface area contributed by atoms with Crippen LogP contribution < -0.4 is 14.8 Å². The Hall–Kier alpha value is -2.50. The maximum atomic E-state index is 12.3. The molecule has 0 bridgehead atoms. The molecular formula is C15H15NO5. The molecule has 0 aromatic heterocycles. The van der Waals surface area contributed by atoms with Crippen LogP contribution in [-0.2, 0) is 4.79 Å². The maximum Gasteiger partial charge on any atom is 0.310 e. The summed E-state index contributed by atoms with van der Waals surface area (Å²) in [5.74, 6) is -0.716. The molecule has 0 spiro atoms. The quantitative estimate of drug-likeness (QED) is 0.817. The minimum Gasteiger partial charge on any atom is -0.486 e. The van der Waals surface area contributed by atoms with Gasteiger partial charge in [0.2, 0.25) is 0 Å². The molecule has 2 aliphatic rings. The van der Waals surface area contributed by atoms with Crippen LogP contribution in [0.4, 0.5) is 0 Å². The fourth-order valence-corrected chi connectivity index (χ4v) is 2.49. The zero-order valence-electron chi connectivity index (χ0n) is 11.2. The highest BCUT2D eigenvalue weighted by molar-refractivity contribution is 5.98. The van der Waals surface area contributed by atoms with Crippen molar-refractivity contribution in [2.75, 3.05) is 13.2 Å². The topological polar surface area (TPSA) is 84.9 Å². The number of fused-ring (bicyclic) bond motifs is 1. The summed E-state index contributed by atoms with van der Waals surface area (Å²) in [6.07, 6.45) is 3.68. The van der Waals surface area contributed by atoms with Crippen LogP contribution in [0.3, 0.4) is 0 Å². The third-order valence-corrected chi connectivity index (χ3v) is 3.53. The van der Waals surface area contributed by atoms with Crippen molar-refractivity contribution < 1.29 is 24.2 Å². The van der Waals surface area contributed by atoms with E-state index < -0.39 is 11.9 Å². The van der Waals surface area contributed by atoms with Gasteiger partial charge in [-0.05, 0) is 18.6 Å². The lowest BCUT2D eigenvalue weighted by molar-refractivity contribution is -0.140. The number of benzene rings is 1. The summed E-state index contributed by atoms with van der Waals surface area (Å²) in [6, 6.07) is 4.86. The Morgan fingerprint density at radius 1 is 1.19 bits per heavy atom. The zero-order valence-corrected chi connectivity index (χ0v) is 11.2. The van der Waals surface area contributed by atoms with Crippen molar-refractivity contribution >= 4 is 11.9 Å². The third-order valence-electron chi connectivity index (χ3n) is 3.53. The Morgan fingerprint density at radius 2 is 2.00 bits per heavy atom. The standard InChI is InChI=1S/C15H15NO5/c17-14(16-10-5-4-9(8-10)15(18)19)11-2-1-3-12-13(11)21-7-6-20-12/h1-5,9-10H,6-8H2,(H,16,17)(H,18,19). The van der Waals surface area contributed by atoms with Gasteiger partial charge in [0, 0.05) is 6.04 Å². The molecule has 0 fully saturated rings. The lowest BCUT2D eigenvalue weighted by Gasteiger charge is -2.21. The lowest BCUT2D eigenvalue weighted by atomic mass is 10.1. The molecule has 110 valence electrons.